The van der Waals surface area contributed by atoms with Crippen molar-refractivity contribution >= 4 is 17.8 Å². The van der Waals surface area contributed by atoms with Gasteiger partial charge in [0.05, 0.1) is 24.0 Å². The molecule has 2 fully saturated rings. The summed E-state index contributed by atoms with van der Waals surface area (Å²) in [5.74, 6) is -4.76. The molecule has 0 aliphatic carbocycles. The molecule has 2 aromatic rings. The van der Waals surface area contributed by atoms with Crippen LogP contribution in [0.15, 0.2) is 41.3 Å². The minimum absolute atomic E-state index is 0.0640. The van der Waals surface area contributed by atoms with Gasteiger partial charge in [0, 0.05) is 45.1 Å². The molecule has 0 atom stereocenters. The van der Waals surface area contributed by atoms with Gasteiger partial charge in [-0.15, -0.1) is 0 Å². The number of piperidine rings is 1. The number of amides is 1. The molecule has 40 heavy (non-hydrogen) atoms. The van der Waals surface area contributed by atoms with Crippen molar-refractivity contribution in [2.75, 3.05) is 32.8 Å². The maximum absolute atomic E-state index is 12.7. The van der Waals surface area contributed by atoms with E-state index >= 15 is 0 Å². The number of carbonyl (C=O) groups is 3. The molecule has 1 amide bonds. The first kappa shape index (κ1) is 32.6. The third kappa shape index (κ3) is 9.82. The molecule has 4 rings (SSSR count). The van der Waals surface area contributed by atoms with Crippen molar-refractivity contribution in [3.63, 3.8) is 0 Å². The van der Waals surface area contributed by atoms with Crippen molar-refractivity contribution in [1.29, 1.82) is 0 Å². The molecule has 0 radical (unpaired) electrons. The second-order valence-corrected chi connectivity index (χ2v) is 8.89. The summed E-state index contributed by atoms with van der Waals surface area (Å²) >= 11 is 0. The van der Waals surface area contributed by atoms with E-state index in [1.165, 1.54) is 5.56 Å². The second kappa shape index (κ2) is 13.6. The van der Waals surface area contributed by atoms with Crippen molar-refractivity contribution < 1.29 is 60.1 Å². The van der Waals surface area contributed by atoms with Gasteiger partial charge in [-0.1, -0.05) is 6.07 Å². The largest absolute Gasteiger partial charge is 0.490 e. The minimum Gasteiger partial charge on any atom is -0.475 e. The van der Waals surface area contributed by atoms with Crippen LogP contribution in [-0.2, 0) is 20.9 Å². The van der Waals surface area contributed by atoms with Crippen LogP contribution < -0.4 is 0 Å². The number of hydrogen-bond acceptors (Lipinski definition) is 7. The number of aromatic nitrogens is 1. The van der Waals surface area contributed by atoms with Crippen molar-refractivity contribution in [2.24, 2.45) is 0 Å². The maximum Gasteiger partial charge on any atom is 0.490 e. The molecule has 222 valence electrons. The van der Waals surface area contributed by atoms with E-state index in [2.05, 4.69) is 16.0 Å². The molecule has 0 saturated carbocycles. The number of morpholine rings is 1. The number of carboxylic acids is 2. The molecule has 1 spiro atoms. The predicted molar refractivity (Wildman–Crippen MR) is 124 cm³/mol. The first-order valence-corrected chi connectivity index (χ1v) is 11.7. The fourth-order valence-corrected chi connectivity index (χ4v) is 4.01. The van der Waals surface area contributed by atoms with Crippen molar-refractivity contribution in [1.82, 2.24) is 14.8 Å². The fourth-order valence-electron chi connectivity index (χ4n) is 4.01. The summed E-state index contributed by atoms with van der Waals surface area (Å²) in [6.07, 6.45) is -3.11. The minimum atomic E-state index is -5.08. The summed E-state index contributed by atoms with van der Waals surface area (Å²) in [5.41, 5.74) is 1.76. The Bertz CT molecular complexity index is 1110. The van der Waals surface area contributed by atoms with Crippen LogP contribution in [0.2, 0.25) is 0 Å². The van der Waals surface area contributed by atoms with Crippen LogP contribution in [-0.4, -0.2) is 93.6 Å². The average Bonchev–Trinajstić information content (AvgIpc) is 3.30. The van der Waals surface area contributed by atoms with Gasteiger partial charge >= 0.3 is 24.3 Å². The van der Waals surface area contributed by atoms with E-state index in [0.717, 1.165) is 52.2 Å². The number of likely N-dealkylation sites (tertiary alicyclic amines) is 1. The summed E-state index contributed by atoms with van der Waals surface area (Å²) in [5, 5.41) is 14.2. The van der Waals surface area contributed by atoms with Gasteiger partial charge in [0.1, 0.15) is 5.76 Å². The van der Waals surface area contributed by atoms with Crippen molar-refractivity contribution in [3.8, 4) is 0 Å². The number of rotatable bonds is 3. The monoisotopic (exact) mass is 583 g/mol. The quantitative estimate of drug-likeness (QED) is 0.519. The first-order chi connectivity index (χ1) is 18.5. The van der Waals surface area contributed by atoms with E-state index in [1.54, 1.807) is 18.5 Å². The zero-order valence-corrected chi connectivity index (χ0v) is 21.2. The van der Waals surface area contributed by atoms with Crippen LogP contribution in [0, 0.1) is 6.92 Å². The van der Waals surface area contributed by atoms with E-state index in [0.29, 0.717) is 11.3 Å². The molecular weight excluding hydrogens is 556 g/mol. The summed E-state index contributed by atoms with van der Waals surface area (Å²) in [7, 11) is 0. The second-order valence-electron chi connectivity index (χ2n) is 8.89. The van der Waals surface area contributed by atoms with E-state index in [9.17, 15) is 31.1 Å². The lowest BCUT2D eigenvalue weighted by Crippen LogP contribution is -2.57. The molecule has 10 nitrogen and oxygen atoms in total. The molecule has 2 aliphatic rings. The molecule has 2 saturated heterocycles. The molecule has 16 heteroatoms. The van der Waals surface area contributed by atoms with Gasteiger partial charge < -0.3 is 24.3 Å². The highest BCUT2D eigenvalue weighted by molar-refractivity contribution is 5.95. The van der Waals surface area contributed by atoms with Gasteiger partial charge in [0.15, 0.2) is 0 Å². The Morgan fingerprint density at radius 2 is 1.57 bits per heavy atom. The molecule has 2 aromatic heterocycles. The Morgan fingerprint density at radius 3 is 2.02 bits per heavy atom. The number of hydrogen-bond donors (Lipinski definition) is 2. The van der Waals surface area contributed by atoms with Gasteiger partial charge in [-0.3, -0.25) is 14.7 Å². The Kier molecular flexibility index (Phi) is 11.1. The number of furan rings is 1. The van der Waals surface area contributed by atoms with E-state index in [1.807, 2.05) is 24.1 Å². The number of ether oxygens (including phenoxy) is 1. The average molecular weight is 583 g/mol. The number of carboxylic acid groups (broad SMARTS) is 2. The van der Waals surface area contributed by atoms with E-state index in [-0.39, 0.29) is 11.5 Å². The third-order valence-corrected chi connectivity index (χ3v) is 5.99. The molecular formula is C24H27F6N3O7. The highest BCUT2D eigenvalue weighted by Crippen LogP contribution is 2.31. The zero-order chi connectivity index (χ0) is 30.1. The maximum atomic E-state index is 12.7. The lowest BCUT2D eigenvalue weighted by molar-refractivity contribution is -0.193. The van der Waals surface area contributed by atoms with Gasteiger partial charge in [0.2, 0.25) is 0 Å². The van der Waals surface area contributed by atoms with Gasteiger partial charge in [-0.2, -0.15) is 26.3 Å². The van der Waals surface area contributed by atoms with Gasteiger partial charge in [0.25, 0.3) is 5.91 Å². The lowest BCUT2D eigenvalue weighted by Gasteiger charge is -2.47. The smallest absolute Gasteiger partial charge is 0.475 e. The molecule has 0 aromatic carbocycles. The fraction of sp³-hybridized carbons (Fsp3) is 0.500. The summed E-state index contributed by atoms with van der Waals surface area (Å²) in [4.78, 5) is 39.0. The number of aliphatic carboxylic acids is 2. The SMILES string of the molecule is Cc1occc1C(=O)N1CCC2(CC1)CN(Cc1cccnc1)CCO2.O=C(O)C(F)(F)F.O=C(O)C(F)(F)F. The highest BCUT2D eigenvalue weighted by Gasteiger charge is 2.41. The first-order valence-electron chi connectivity index (χ1n) is 11.7. The lowest BCUT2D eigenvalue weighted by atomic mass is 9.89. The van der Waals surface area contributed by atoms with Crippen LogP contribution in [0.1, 0.15) is 34.5 Å². The van der Waals surface area contributed by atoms with Crippen molar-refractivity contribution in [2.45, 2.75) is 44.3 Å². The molecule has 0 bridgehead atoms. The number of alkyl halides is 6. The van der Waals surface area contributed by atoms with Crippen LogP contribution in [0.4, 0.5) is 26.3 Å². The van der Waals surface area contributed by atoms with E-state index in [4.69, 9.17) is 29.0 Å². The third-order valence-electron chi connectivity index (χ3n) is 5.99. The number of halogens is 6. The number of aryl methyl sites for hydroxylation is 1. The molecule has 0 unspecified atom stereocenters. The Labute approximate surface area is 224 Å². The predicted octanol–water partition coefficient (Wildman–Crippen LogP) is 3.76. The summed E-state index contributed by atoms with van der Waals surface area (Å²) < 4.78 is 74.9. The zero-order valence-electron chi connectivity index (χ0n) is 21.2. The summed E-state index contributed by atoms with van der Waals surface area (Å²) in [6, 6.07) is 5.85. The number of pyridine rings is 1. The number of nitrogens with zero attached hydrogens (tertiary/aromatic N) is 3. The van der Waals surface area contributed by atoms with Crippen LogP contribution >= 0.6 is 0 Å². The number of carbonyl (C=O) groups excluding carboxylic acids is 1. The van der Waals surface area contributed by atoms with Crippen LogP contribution in [0.25, 0.3) is 0 Å². The Hall–Kier alpha value is -3.66. The molecule has 2 N–H and O–H groups in total. The Morgan fingerprint density at radius 1 is 1.00 bits per heavy atom. The normalized spacial score (nSPS) is 17.2. The van der Waals surface area contributed by atoms with E-state index < -0.39 is 24.3 Å². The van der Waals surface area contributed by atoms with Crippen molar-refractivity contribution in [3.05, 3.63) is 53.7 Å². The topological polar surface area (TPSA) is 133 Å². The Balaban J connectivity index is 0.000000333. The van der Waals surface area contributed by atoms with Crippen LogP contribution in [0.3, 0.4) is 0 Å². The highest BCUT2D eigenvalue weighted by atomic mass is 19.4. The summed E-state index contributed by atoms with van der Waals surface area (Å²) in [6.45, 7) is 6.78. The standard InChI is InChI=1S/C20H25N3O3.2C2HF3O2/c1-16-18(4-11-25-16)19(24)23-8-5-20(6-9-23)15-22(10-12-26-20)14-17-3-2-7-21-13-17;2*3-2(4,5)1(6)7/h2-4,7,11,13H,5-6,8-10,12,14-15H2,1H3;2*(H,6,7). The molecule has 2 aliphatic heterocycles. The van der Waals surface area contributed by atoms with Gasteiger partial charge in [-0.25, -0.2) is 9.59 Å². The molecule has 4 heterocycles. The van der Waals surface area contributed by atoms with Gasteiger partial charge in [-0.05, 0) is 37.5 Å². The van der Waals surface area contributed by atoms with Crippen LogP contribution in [0.5, 0.6) is 0 Å².